The van der Waals surface area contributed by atoms with Gasteiger partial charge in [-0.25, -0.2) is 14.6 Å². The lowest BCUT2D eigenvalue weighted by Crippen LogP contribution is -2.48. The zero-order chi connectivity index (χ0) is 33.9. The van der Waals surface area contributed by atoms with E-state index in [0.717, 1.165) is 17.3 Å². The number of nitrogens with zero attached hydrogens (tertiary/aromatic N) is 5. The van der Waals surface area contributed by atoms with Crippen molar-refractivity contribution in [2.75, 3.05) is 37.4 Å². The van der Waals surface area contributed by atoms with E-state index in [-0.39, 0.29) is 18.4 Å². The molecule has 0 radical (unpaired) electrons. The van der Waals surface area contributed by atoms with Gasteiger partial charge >= 0.3 is 12.2 Å². The fourth-order valence-corrected chi connectivity index (χ4v) is 4.59. The summed E-state index contributed by atoms with van der Waals surface area (Å²) < 4.78 is 11.8. The molecule has 0 spiro atoms. The van der Waals surface area contributed by atoms with Crippen molar-refractivity contribution in [2.45, 2.75) is 78.9 Å². The van der Waals surface area contributed by atoms with Crippen molar-refractivity contribution < 1.29 is 23.9 Å². The summed E-state index contributed by atoms with van der Waals surface area (Å²) in [6.07, 6.45) is 8.29. The SMILES string of the molecule is C=C[C@@H](C(=O)NCCCC#Cc1cnc(NC2=c3c(cnn3C(=O)OCC)=CC(C)C2)nc1NCCC)N(C)C(=O)OC(C)(C)C. The number of anilines is 2. The predicted molar refractivity (Wildman–Crippen MR) is 177 cm³/mol. The summed E-state index contributed by atoms with van der Waals surface area (Å²) >= 11 is 0. The Morgan fingerprint density at radius 2 is 2.00 bits per heavy atom. The number of fused-ring (bicyclic) bond motifs is 1. The minimum Gasteiger partial charge on any atom is -0.448 e. The second-order valence-corrected chi connectivity index (χ2v) is 11.9. The number of carbonyl (C=O) groups is 3. The zero-order valence-electron chi connectivity index (χ0n) is 27.9. The van der Waals surface area contributed by atoms with Crippen LogP contribution in [-0.2, 0) is 14.3 Å². The number of likely N-dealkylation sites (N-methyl/N-ethyl adjacent to an activating group) is 1. The minimum atomic E-state index is -0.858. The first kappa shape index (κ1) is 35.6. The molecule has 0 aromatic carbocycles. The number of amides is 2. The van der Waals surface area contributed by atoms with Gasteiger partial charge in [0.1, 0.15) is 17.5 Å². The summed E-state index contributed by atoms with van der Waals surface area (Å²) in [5.41, 5.74) is 0.738. The van der Waals surface area contributed by atoms with Crippen LogP contribution in [0.1, 0.15) is 72.8 Å². The molecular weight excluding hydrogens is 588 g/mol. The third kappa shape index (κ3) is 9.82. The number of nitrogens with one attached hydrogen (secondary N) is 3. The monoisotopic (exact) mass is 634 g/mol. The van der Waals surface area contributed by atoms with Crippen LogP contribution in [0.2, 0.25) is 0 Å². The third-order valence-corrected chi connectivity index (χ3v) is 6.70. The molecule has 2 amide bonds. The molecule has 1 unspecified atom stereocenters. The highest BCUT2D eigenvalue weighted by Crippen LogP contribution is 2.19. The summed E-state index contributed by atoms with van der Waals surface area (Å²) in [4.78, 5) is 48.0. The minimum absolute atomic E-state index is 0.219. The summed E-state index contributed by atoms with van der Waals surface area (Å²) in [6.45, 7) is 16.2. The number of rotatable bonds is 12. The molecule has 13 nitrogen and oxygen atoms in total. The van der Waals surface area contributed by atoms with E-state index >= 15 is 0 Å². The van der Waals surface area contributed by atoms with Crippen molar-refractivity contribution in [3.8, 4) is 11.8 Å². The Hall–Kier alpha value is -4.86. The van der Waals surface area contributed by atoms with Crippen LogP contribution < -0.4 is 26.5 Å². The fraction of sp³-hybridized carbons (Fsp3) is 0.515. The van der Waals surface area contributed by atoms with Crippen molar-refractivity contribution in [1.82, 2.24) is 30.0 Å². The molecule has 0 saturated heterocycles. The number of hydrogen-bond acceptors (Lipinski definition) is 10. The molecule has 13 heteroatoms. The lowest BCUT2D eigenvalue weighted by Gasteiger charge is -2.28. The quantitative estimate of drug-likeness (QED) is 0.180. The van der Waals surface area contributed by atoms with Crippen molar-refractivity contribution >= 4 is 41.6 Å². The van der Waals surface area contributed by atoms with E-state index in [0.29, 0.717) is 55.0 Å². The molecular formula is C33H46N8O5. The lowest BCUT2D eigenvalue weighted by molar-refractivity contribution is -0.124. The summed E-state index contributed by atoms with van der Waals surface area (Å²) in [5.74, 6) is 7.10. The van der Waals surface area contributed by atoms with E-state index in [1.165, 1.54) is 22.7 Å². The maximum atomic E-state index is 12.7. The second kappa shape index (κ2) is 16.5. The van der Waals surface area contributed by atoms with E-state index in [2.05, 4.69) is 64.4 Å². The average molecular weight is 635 g/mol. The Labute approximate surface area is 270 Å². The Kier molecular flexibility index (Phi) is 12.7. The van der Waals surface area contributed by atoms with Gasteiger partial charge in [-0.2, -0.15) is 14.8 Å². The summed E-state index contributed by atoms with van der Waals surface area (Å²) in [6, 6.07) is -0.858. The molecule has 0 aliphatic heterocycles. The maximum absolute atomic E-state index is 12.7. The van der Waals surface area contributed by atoms with E-state index in [1.807, 2.05) is 0 Å². The normalized spacial score (nSPS) is 14.4. The fourth-order valence-electron chi connectivity index (χ4n) is 4.59. The zero-order valence-corrected chi connectivity index (χ0v) is 27.9. The van der Waals surface area contributed by atoms with Gasteiger partial charge in [0.25, 0.3) is 0 Å². The third-order valence-electron chi connectivity index (χ3n) is 6.70. The van der Waals surface area contributed by atoms with Gasteiger partial charge in [0.15, 0.2) is 0 Å². The van der Waals surface area contributed by atoms with Gasteiger partial charge in [-0.1, -0.05) is 37.8 Å². The van der Waals surface area contributed by atoms with Crippen LogP contribution in [-0.4, -0.2) is 81.1 Å². The molecule has 46 heavy (non-hydrogen) atoms. The van der Waals surface area contributed by atoms with Crippen LogP contribution in [0.3, 0.4) is 0 Å². The van der Waals surface area contributed by atoms with Crippen molar-refractivity contribution in [1.29, 1.82) is 0 Å². The standard InChI is InChI=1S/C33H46N8O5/c1-9-16-34-28-23(15-13-12-14-17-35-29(42)26(10-2)40(8)31(43)46-33(5,6)7)20-36-30(39-28)38-25-19-22(4)18-24-21-37-41(27(24)25)32(44)45-11-3/h10,18,20-22,26H,2,9,11-12,14,16-17,19H2,1,3-8H3,(H,35,42)(H2,34,36,38,39)/t22?,26-/m0/s1. The number of carbonyl (C=O) groups excluding carboxylic acids is 3. The van der Waals surface area contributed by atoms with E-state index in [9.17, 15) is 14.4 Å². The Morgan fingerprint density at radius 3 is 2.67 bits per heavy atom. The topological polar surface area (TPSA) is 153 Å². The van der Waals surface area contributed by atoms with Gasteiger partial charge < -0.3 is 25.4 Å². The average Bonchev–Trinajstić information content (AvgIpc) is 3.42. The molecule has 2 heterocycles. The van der Waals surface area contributed by atoms with Gasteiger partial charge in [-0.3, -0.25) is 9.69 Å². The van der Waals surface area contributed by atoms with Crippen molar-refractivity contribution in [3.63, 3.8) is 0 Å². The van der Waals surface area contributed by atoms with E-state index in [4.69, 9.17) is 14.5 Å². The first-order valence-corrected chi connectivity index (χ1v) is 15.6. The molecule has 1 aliphatic carbocycles. The highest BCUT2D eigenvalue weighted by atomic mass is 16.6. The highest BCUT2D eigenvalue weighted by Gasteiger charge is 2.28. The Balaban J connectivity index is 1.68. The Morgan fingerprint density at radius 1 is 1.24 bits per heavy atom. The van der Waals surface area contributed by atoms with Gasteiger partial charge in [0.05, 0.1) is 29.9 Å². The van der Waals surface area contributed by atoms with Crippen LogP contribution in [0.4, 0.5) is 21.4 Å². The molecule has 3 rings (SSSR count). The molecule has 1 aliphatic rings. The van der Waals surface area contributed by atoms with E-state index < -0.39 is 23.8 Å². The lowest BCUT2D eigenvalue weighted by atomic mass is 9.99. The van der Waals surface area contributed by atoms with Crippen LogP contribution in [0.5, 0.6) is 0 Å². The summed E-state index contributed by atoms with van der Waals surface area (Å²) in [7, 11) is 1.50. The van der Waals surface area contributed by atoms with Crippen LogP contribution >= 0.6 is 0 Å². The maximum Gasteiger partial charge on any atom is 0.435 e. The van der Waals surface area contributed by atoms with E-state index in [1.54, 1.807) is 40.1 Å². The Bertz CT molecular complexity index is 1600. The van der Waals surface area contributed by atoms with Gasteiger partial charge in [-0.15, -0.1) is 6.58 Å². The molecule has 2 atom stereocenters. The number of unbranched alkanes of at least 4 members (excludes halogenated alkanes) is 1. The van der Waals surface area contributed by atoms with Crippen LogP contribution in [0.25, 0.3) is 11.8 Å². The highest BCUT2D eigenvalue weighted by molar-refractivity contribution is 5.87. The molecule has 2 aromatic heterocycles. The summed E-state index contributed by atoms with van der Waals surface area (Å²) in [5, 5.41) is 15.2. The number of hydrogen-bond donors (Lipinski definition) is 3. The number of aromatic nitrogens is 4. The van der Waals surface area contributed by atoms with Crippen LogP contribution in [0.15, 0.2) is 25.0 Å². The van der Waals surface area contributed by atoms with Gasteiger partial charge in [0, 0.05) is 37.5 Å². The van der Waals surface area contributed by atoms with Crippen molar-refractivity contribution in [2.24, 2.45) is 5.92 Å². The molecule has 248 valence electrons. The molecule has 0 fully saturated rings. The first-order chi connectivity index (χ1) is 21.9. The predicted octanol–water partition coefficient (Wildman–Crippen LogP) is 3.21. The molecule has 3 N–H and O–H groups in total. The smallest absolute Gasteiger partial charge is 0.435 e. The largest absolute Gasteiger partial charge is 0.448 e. The number of ether oxygens (including phenoxy) is 2. The molecule has 0 bridgehead atoms. The van der Waals surface area contributed by atoms with Crippen molar-refractivity contribution in [3.05, 3.63) is 41.2 Å². The second-order valence-electron chi connectivity index (χ2n) is 11.9. The molecule has 2 aromatic rings. The van der Waals surface area contributed by atoms with Gasteiger partial charge in [-0.05, 0) is 52.9 Å². The molecule has 0 saturated carbocycles. The van der Waals surface area contributed by atoms with Crippen LogP contribution in [0, 0.1) is 17.8 Å². The first-order valence-electron chi connectivity index (χ1n) is 15.6. The van der Waals surface area contributed by atoms with Gasteiger partial charge in [0.2, 0.25) is 11.9 Å².